The van der Waals surface area contributed by atoms with Gasteiger partial charge in [0.15, 0.2) is 0 Å². The summed E-state index contributed by atoms with van der Waals surface area (Å²) in [4.78, 5) is 0. The van der Waals surface area contributed by atoms with Crippen molar-refractivity contribution >= 4 is 0 Å². The van der Waals surface area contributed by atoms with Crippen LogP contribution in [0.4, 0.5) is 0 Å². The molecule has 0 unspecified atom stereocenters. The summed E-state index contributed by atoms with van der Waals surface area (Å²) < 4.78 is 0. The second kappa shape index (κ2) is 4.85. The number of hydrogen-bond acceptors (Lipinski definition) is 1. The van der Waals surface area contributed by atoms with Crippen LogP contribution in [-0.2, 0) is 10.8 Å². The lowest BCUT2D eigenvalue weighted by molar-refractivity contribution is 0.275. The van der Waals surface area contributed by atoms with Crippen LogP contribution in [0, 0.1) is 5.41 Å². The van der Waals surface area contributed by atoms with Gasteiger partial charge in [-0.2, -0.15) is 0 Å². The van der Waals surface area contributed by atoms with Gasteiger partial charge in [0.25, 0.3) is 0 Å². The molecule has 1 aromatic rings. The summed E-state index contributed by atoms with van der Waals surface area (Å²) in [5.41, 5.74) is 2.61. The van der Waals surface area contributed by atoms with E-state index in [-0.39, 0.29) is 16.2 Å². The van der Waals surface area contributed by atoms with E-state index in [1.807, 2.05) is 12.1 Å². The van der Waals surface area contributed by atoms with Crippen LogP contribution in [0.3, 0.4) is 0 Å². The Morgan fingerprint density at radius 2 is 1.42 bits per heavy atom. The zero-order valence-electron chi connectivity index (χ0n) is 13.9. The fraction of sp³-hybridized carbons (Fsp3) is 0.667. The highest BCUT2D eigenvalue weighted by Gasteiger charge is 2.34. The molecule has 0 aliphatic carbocycles. The molecule has 108 valence electrons. The van der Waals surface area contributed by atoms with Crippen molar-refractivity contribution in [1.29, 1.82) is 0 Å². The lowest BCUT2D eigenvalue weighted by Gasteiger charge is -2.37. The number of aromatic hydroxyl groups is 1. The van der Waals surface area contributed by atoms with Crippen molar-refractivity contribution in [3.8, 4) is 5.75 Å². The maximum Gasteiger partial charge on any atom is 0.119 e. The zero-order valence-corrected chi connectivity index (χ0v) is 13.9. The first-order valence-electron chi connectivity index (χ1n) is 7.17. The standard InChI is InChI=1S/C18H30O/c1-16(2,3)12-18(7,8)15-13(17(4,5)6)10-9-11-14(15)19/h9-11,19H,12H2,1-8H3. The summed E-state index contributed by atoms with van der Waals surface area (Å²) in [5.74, 6) is 0.432. The second-order valence-corrected chi connectivity index (χ2v) is 8.57. The van der Waals surface area contributed by atoms with Crippen LogP contribution < -0.4 is 0 Å². The van der Waals surface area contributed by atoms with Crippen molar-refractivity contribution in [2.75, 3.05) is 0 Å². The minimum atomic E-state index is -0.0355. The quantitative estimate of drug-likeness (QED) is 0.756. The highest BCUT2D eigenvalue weighted by Crippen LogP contribution is 2.44. The van der Waals surface area contributed by atoms with Gasteiger partial charge in [0.2, 0.25) is 0 Å². The smallest absolute Gasteiger partial charge is 0.119 e. The Labute approximate surface area is 119 Å². The largest absolute Gasteiger partial charge is 0.508 e. The van der Waals surface area contributed by atoms with Crippen molar-refractivity contribution in [3.05, 3.63) is 29.3 Å². The Morgan fingerprint density at radius 3 is 1.84 bits per heavy atom. The van der Waals surface area contributed by atoms with E-state index in [2.05, 4.69) is 61.5 Å². The van der Waals surface area contributed by atoms with Crippen molar-refractivity contribution in [3.63, 3.8) is 0 Å². The average molecular weight is 262 g/mol. The SMILES string of the molecule is CC(C)(C)CC(C)(C)c1c(O)cccc1C(C)(C)C. The summed E-state index contributed by atoms with van der Waals surface area (Å²) in [5, 5.41) is 10.4. The van der Waals surface area contributed by atoms with Gasteiger partial charge in [0.1, 0.15) is 5.75 Å². The normalized spacial score (nSPS) is 13.7. The van der Waals surface area contributed by atoms with E-state index >= 15 is 0 Å². The molecule has 0 atom stereocenters. The third kappa shape index (κ3) is 3.99. The zero-order chi connectivity index (χ0) is 15.1. The van der Waals surface area contributed by atoms with Gasteiger partial charge >= 0.3 is 0 Å². The van der Waals surface area contributed by atoms with Crippen LogP contribution in [0.1, 0.15) is 72.9 Å². The minimum absolute atomic E-state index is 0.0355. The topological polar surface area (TPSA) is 20.2 Å². The lowest BCUT2D eigenvalue weighted by atomic mass is 9.68. The molecule has 1 heteroatoms. The molecule has 1 nitrogen and oxygen atoms in total. The molecular weight excluding hydrogens is 232 g/mol. The van der Waals surface area contributed by atoms with E-state index in [9.17, 15) is 5.11 Å². The van der Waals surface area contributed by atoms with E-state index in [0.717, 1.165) is 12.0 Å². The van der Waals surface area contributed by atoms with Gasteiger partial charge in [-0.05, 0) is 34.3 Å². The molecule has 0 spiro atoms. The molecule has 0 heterocycles. The first-order chi connectivity index (χ1) is 8.34. The van der Waals surface area contributed by atoms with Gasteiger partial charge in [-0.15, -0.1) is 0 Å². The summed E-state index contributed by atoms with van der Waals surface area (Å²) in [7, 11) is 0. The molecule has 0 radical (unpaired) electrons. The summed E-state index contributed by atoms with van der Waals surface area (Å²) in [6.07, 6.45) is 1.04. The summed E-state index contributed by atoms with van der Waals surface area (Å²) >= 11 is 0. The van der Waals surface area contributed by atoms with Crippen molar-refractivity contribution in [2.24, 2.45) is 5.41 Å². The van der Waals surface area contributed by atoms with Gasteiger partial charge in [-0.1, -0.05) is 67.5 Å². The molecule has 1 aromatic carbocycles. The van der Waals surface area contributed by atoms with Crippen LogP contribution in [-0.4, -0.2) is 5.11 Å². The van der Waals surface area contributed by atoms with E-state index in [1.165, 1.54) is 5.56 Å². The van der Waals surface area contributed by atoms with E-state index in [1.54, 1.807) is 0 Å². The first-order valence-corrected chi connectivity index (χ1v) is 7.17. The number of benzene rings is 1. The lowest BCUT2D eigenvalue weighted by Crippen LogP contribution is -2.29. The maximum atomic E-state index is 10.4. The molecule has 1 rings (SSSR count). The molecule has 0 fully saturated rings. The fourth-order valence-corrected chi connectivity index (χ4v) is 3.29. The van der Waals surface area contributed by atoms with Gasteiger partial charge in [0, 0.05) is 5.56 Å². The third-order valence-corrected chi connectivity index (χ3v) is 3.50. The van der Waals surface area contributed by atoms with Crippen LogP contribution in [0.2, 0.25) is 0 Å². The first kappa shape index (κ1) is 16.1. The Balaban J connectivity index is 3.41. The molecule has 0 saturated heterocycles. The highest BCUT2D eigenvalue weighted by molar-refractivity contribution is 5.47. The number of rotatable bonds is 2. The van der Waals surface area contributed by atoms with Crippen molar-refractivity contribution < 1.29 is 5.11 Å². The van der Waals surface area contributed by atoms with Gasteiger partial charge in [-0.3, -0.25) is 0 Å². The fourth-order valence-electron chi connectivity index (χ4n) is 3.29. The predicted molar refractivity (Wildman–Crippen MR) is 83.9 cm³/mol. The molecule has 0 aliphatic heterocycles. The Bertz CT molecular complexity index is 442. The van der Waals surface area contributed by atoms with E-state index in [0.29, 0.717) is 5.75 Å². The van der Waals surface area contributed by atoms with E-state index in [4.69, 9.17) is 0 Å². The summed E-state index contributed by atoms with van der Waals surface area (Å²) in [6.45, 7) is 17.9. The van der Waals surface area contributed by atoms with Crippen molar-refractivity contribution in [2.45, 2.75) is 72.6 Å². The monoisotopic (exact) mass is 262 g/mol. The van der Waals surface area contributed by atoms with Crippen LogP contribution in [0.25, 0.3) is 0 Å². The van der Waals surface area contributed by atoms with Crippen molar-refractivity contribution in [1.82, 2.24) is 0 Å². The van der Waals surface area contributed by atoms with Crippen LogP contribution >= 0.6 is 0 Å². The third-order valence-electron chi connectivity index (χ3n) is 3.50. The molecule has 1 N–H and O–H groups in total. The summed E-state index contributed by atoms with van der Waals surface area (Å²) in [6, 6.07) is 5.92. The minimum Gasteiger partial charge on any atom is -0.508 e. The van der Waals surface area contributed by atoms with E-state index < -0.39 is 0 Å². The Kier molecular flexibility index (Phi) is 4.10. The molecule has 19 heavy (non-hydrogen) atoms. The average Bonchev–Trinajstić information content (AvgIpc) is 2.11. The molecular formula is C18H30O. The second-order valence-electron chi connectivity index (χ2n) is 8.57. The molecule has 0 amide bonds. The Hall–Kier alpha value is -0.980. The number of hydrogen-bond donors (Lipinski definition) is 1. The Morgan fingerprint density at radius 1 is 0.895 bits per heavy atom. The number of phenols is 1. The molecule has 0 saturated carbocycles. The molecule has 0 aliphatic rings. The molecule has 0 bridgehead atoms. The predicted octanol–water partition coefficient (Wildman–Crippen LogP) is 5.40. The highest BCUT2D eigenvalue weighted by atomic mass is 16.3. The van der Waals surface area contributed by atoms with Gasteiger partial charge < -0.3 is 5.11 Å². The number of phenolic OH excluding ortho intramolecular Hbond substituents is 1. The van der Waals surface area contributed by atoms with Crippen LogP contribution in [0.5, 0.6) is 5.75 Å². The molecule has 0 aromatic heterocycles. The van der Waals surface area contributed by atoms with Gasteiger partial charge in [0.05, 0.1) is 0 Å². The van der Waals surface area contributed by atoms with Crippen LogP contribution in [0.15, 0.2) is 18.2 Å². The van der Waals surface area contributed by atoms with Gasteiger partial charge in [-0.25, -0.2) is 0 Å². The maximum absolute atomic E-state index is 10.4.